The number of carbonyl (C=O) groups excluding carboxylic acids is 3. The highest BCUT2D eigenvalue weighted by atomic mass is 35.5. The maximum absolute atomic E-state index is 13.9. The van der Waals surface area contributed by atoms with Crippen LogP contribution >= 0.6 is 11.6 Å². The van der Waals surface area contributed by atoms with Crippen LogP contribution in [0.15, 0.2) is 72.8 Å². The number of esters is 1. The van der Waals surface area contributed by atoms with Crippen molar-refractivity contribution in [2.45, 2.75) is 58.7 Å². The summed E-state index contributed by atoms with van der Waals surface area (Å²) in [6.07, 6.45) is 1.06. The first-order valence-electron chi connectivity index (χ1n) is 14.7. The quantitative estimate of drug-likeness (QED) is 0.231. The number of halogens is 1. The van der Waals surface area contributed by atoms with E-state index in [4.69, 9.17) is 21.1 Å². The summed E-state index contributed by atoms with van der Waals surface area (Å²) in [5.74, 6) is 0.135. The second kappa shape index (κ2) is 14.5. The molecule has 228 valence electrons. The van der Waals surface area contributed by atoms with Crippen molar-refractivity contribution in [3.63, 3.8) is 0 Å². The molecule has 0 saturated carbocycles. The predicted octanol–water partition coefficient (Wildman–Crippen LogP) is 6.53. The molecule has 1 aliphatic rings. The fourth-order valence-electron chi connectivity index (χ4n) is 5.89. The number of hydrogen-bond donors (Lipinski definition) is 0. The van der Waals surface area contributed by atoms with Crippen molar-refractivity contribution in [1.29, 1.82) is 0 Å². The van der Waals surface area contributed by atoms with E-state index in [0.717, 1.165) is 30.0 Å². The second-order valence-electron chi connectivity index (χ2n) is 10.6. The number of hydrogen-bond acceptors (Lipinski definition) is 6. The summed E-state index contributed by atoms with van der Waals surface area (Å²) in [4.78, 5) is 44.7. The average Bonchev–Trinajstić information content (AvgIpc) is 3.01. The third-order valence-corrected chi connectivity index (χ3v) is 8.27. The van der Waals surface area contributed by atoms with E-state index >= 15 is 0 Å². The van der Waals surface area contributed by atoms with Gasteiger partial charge in [0.2, 0.25) is 5.91 Å². The van der Waals surface area contributed by atoms with Gasteiger partial charge < -0.3 is 19.3 Å². The highest BCUT2D eigenvalue weighted by Crippen LogP contribution is 2.43. The van der Waals surface area contributed by atoms with Crippen LogP contribution in [0, 0.1) is 0 Å². The van der Waals surface area contributed by atoms with Crippen molar-refractivity contribution < 1.29 is 23.9 Å². The van der Waals surface area contributed by atoms with Crippen LogP contribution in [0.2, 0.25) is 5.02 Å². The smallest absolute Gasteiger partial charge is 0.323 e. The number of carbonyl (C=O) groups is 3. The SMILES string of the molecule is CCN(CC)C(CCOc1ccc(C(=O)N2c3ccccc3[C@H](N(C(C)=O)c3ccc(Cl)cc3)C[C@@H]2C)cc1)C(=O)OC. The van der Waals surface area contributed by atoms with Gasteiger partial charge in [-0.15, -0.1) is 0 Å². The van der Waals surface area contributed by atoms with Gasteiger partial charge in [-0.3, -0.25) is 19.3 Å². The van der Waals surface area contributed by atoms with Gasteiger partial charge in [0.25, 0.3) is 5.91 Å². The van der Waals surface area contributed by atoms with Crippen molar-refractivity contribution >= 4 is 40.8 Å². The third-order valence-electron chi connectivity index (χ3n) is 8.02. The molecular formula is C34H40ClN3O5. The molecule has 9 heteroatoms. The lowest BCUT2D eigenvalue weighted by Gasteiger charge is -2.43. The van der Waals surface area contributed by atoms with Crippen LogP contribution in [0.4, 0.5) is 11.4 Å². The molecule has 2 amide bonds. The molecule has 8 nitrogen and oxygen atoms in total. The zero-order chi connectivity index (χ0) is 31.1. The third kappa shape index (κ3) is 7.20. The van der Waals surface area contributed by atoms with Crippen LogP contribution in [-0.4, -0.2) is 61.6 Å². The topological polar surface area (TPSA) is 79.4 Å². The molecule has 0 aromatic heterocycles. The van der Waals surface area contributed by atoms with E-state index < -0.39 is 0 Å². The largest absolute Gasteiger partial charge is 0.494 e. The molecule has 4 rings (SSSR count). The van der Waals surface area contributed by atoms with Gasteiger partial charge in [-0.2, -0.15) is 0 Å². The van der Waals surface area contributed by atoms with E-state index in [9.17, 15) is 14.4 Å². The maximum Gasteiger partial charge on any atom is 0.323 e. The molecule has 0 aliphatic carbocycles. The number of ether oxygens (including phenoxy) is 2. The number of nitrogens with zero attached hydrogens (tertiary/aromatic N) is 3. The summed E-state index contributed by atoms with van der Waals surface area (Å²) >= 11 is 6.11. The van der Waals surface area contributed by atoms with E-state index in [1.807, 2.05) is 67.0 Å². The van der Waals surface area contributed by atoms with Gasteiger partial charge in [0.15, 0.2) is 0 Å². The molecular weight excluding hydrogens is 566 g/mol. The molecule has 0 spiro atoms. The van der Waals surface area contributed by atoms with E-state index in [0.29, 0.717) is 35.8 Å². The first kappa shape index (κ1) is 32.0. The van der Waals surface area contributed by atoms with Crippen LogP contribution in [0.5, 0.6) is 5.75 Å². The Morgan fingerprint density at radius 3 is 2.23 bits per heavy atom. The Labute approximate surface area is 259 Å². The fraction of sp³-hybridized carbons (Fsp3) is 0.382. The summed E-state index contributed by atoms with van der Waals surface area (Å²) in [5.41, 5.74) is 2.98. The fourth-order valence-corrected chi connectivity index (χ4v) is 6.02. The Morgan fingerprint density at radius 1 is 0.977 bits per heavy atom. The van der Waals surface area contributed by atoms with Crippen molar-refractivity contribution in [3.8, 4) is 5.75 Å². The Hall–Kier alpha value is -3.88. The number of rotatable bonds is 11. The van der Waals surface area contributed by atoms with Gasteiger partial charge >= 0.3 is 5.97 Å². The molecule has 3 atom stereocenters. The highest BCUT2D eigenvalue weighted by Gasteiger charge is 2.38. The normalized spacial score (nSPS) is 16.8. The summed E-state index contributed by atoms with van der Waals surface area (Å²) in [6.45, 7) is 9.39. The molecule has 0 saturated heterocycles. The Bertz CT molecular complexity index is 1410. The van der Waals surface area contributed by atoms with E-state index in [-0.39, 0.29) is 35.9 Å². The van der Waals surface area contributed by atoms with Gasteiger partial charge in [0.1, 0.15) is 11.8 Å². The minimum Gasteiger partial charge on any atom is -0.494 e. The van der Waals surface area contributed by atoms with Crippen LogP contribution in [0.1, 0.15) is 62.5 Å². The van der Waals surface area contributed by atoms with Crippen molar-refractivity contribution in [2.24, 2.45) is 0 Å². The lowest BCUT2D eigenvalue weighted by Crippen LogP contribution is -2.47. The van der Waals surface area contributed by atoms with Gasteiger partial charge in [-0.1, -0.05) is 43.6 Å². The Kier molecular flexibility index (Phi) is 10.8. The van der Waals surface area contributed by atoms with Crippen LogP contribution < -0.4 is 14.5 Å². The highest BCUT2D eigenvalue weighted by molar-refractivity contribution is 6.30. The molecule has 1 aliphatic heterocycles. The number of amides is 2. The Balaban J connectivity index is 1.51. The van der Waals surface area contributed by atoms with Gasteiger partial charge in [-0.25, -0.2) is 0 Å². The number of methoxy groups -OCH3 is 1. The van der Waals surface area contributed by atoms with Gasteiger partial charge in [0, 0.05) is 41.3 Å². The molecule has 3 aromatic rings. The monoisotopic (exact) mass is 605 g/mol. The standard InChI is InChI=1S/C34H40ClN3O5/c1-6-36(7-2)31(34(41)42-5)20-21-43-28-18-12-25(13-19-28)33(40)37-23(3)22-32(29-10-8-9-11-30(29)37)38(24(4)39)27-16-14-26(35)15-17-27/h8-19,23,31-32H,6-7,20-22H2,1-5H3/t23-,31?,32+/m0/s1. The first-order chi connectivity index (χ1) is 20.7. The van der Waals surface area contributed by atoms with Crippen LogP contribution in [0.3, 0.4) is 0 Å². The first-order valence-corrected chi connectivity index (χ1v) is 15.1. The average molecular weight is 606 g/mol. The maximum atomic E-state index is 13.9. The molecule has 1 unspecified atom stereocenters. The number of anilines is 2. The van der Waals surface area contributed by atoms with Crippen LogP contribution in [-0.2, 0) is 14.3 Å². The zero-order valence-corrected chi connectivity index (χ0v) is 26.2. The van der Waals surface area contributed by atoms with E-state index in [2.05, 4.69) is 0 Å². The summed E-state index contributed by atoms with van der Waals surface area (Å²) in [7, 11) is 1.40. The van der Waals surface area contributed by atoms with Gasteiger partial charge in [0.05, 0.1) is 19.8 Å². The van der Waals surface area contributed by atoms with E-state index in [1.165, 1.54) is 7.11 Å². The lowest BCUT2D eigenvalue weighted by molar-refractivity contribution is -0.147. The number of para-hydroxylation sites is 1. The molecule has 0 radical (unpaired) electrons. The molecule has 0 bridgehead atoms. The number of fused-ring (bicyclic) bond motifs is 1. The van der Waals surface area contributed by atoms with Crippen molar-refractivity contribution in [1.82, 2.24) is 4.90 Å². The van der Waals surface area contributed by atoms with Gasteiger partial charge in [-0.05, 0) is 86.6 Å². The zero-order valence-electron chi connectivity index (χ0n) is 25.5. The Morgan fingerprint density at radius 2 is 1.63 bits per heavy atom. The molecule has 0 N–H and O–H groups in total. The minimum absolute atomic E-state index is 0.0836. The number of likely N-dealkylation sites (N-methyl/N-ethyl adjacent to an activating group) is 1. The number of benzene rings is 3. The van der Waals surface area contributed by atoms with E-state index in [1.54, 1.807) is 48.2 Å². The lowest BCUT2D eigenvalue weighted by atomic mass is 9.89. The molecule has 0 fully saturated rings. The summed E-state index contributed by atoms with van der Waals surface area (Å²) in [5, 5.41) is 0.600. The molecule has 3 aromatic carbocycles. The van der Waals surface area contributed by atoms with Crippen molar-refractivity contribution in [2.75, 3.05) is 36.6 Å². The summed E-state index contributed by atoms with van der Waals surface area (Å²) < 4.78 is 10.9. The second-order valence-corrected chi connectivity index (χ2v) is 11.1. The molecule has 1 heterocycles. The van der Waals surface area contributed by atoms with Crippen molar-refractivity contribution in [3.05, 3.63) is 88.9 Å². The predicted molar refractivity (Wildman–Crippen MR) is 170 cm³/mol. The molecule has 43 heavy (non-hydrogen) atoms. The summed E-state index contributed by atoms with van der Waals surface area (Å²) in [6, 6.07) is 21.3. The minimum atomic E-state index is -0.371. The van der Waals surface area contributed by atoms with Crippen LogP contribution in [0.25, 0.3) is 0 Å².